The largest absolute Gasteiger partial charge is 0.458 e. The molecule has 0 aromatic carbocycles. The van der Waals surface area contributed by atoms with E-state index in [1.807, 2.05) is 24.3 Å². The van der Waals surface area contributed by atoms with E-state index >= 15 is 0 Å². The monoisotopic (exact) mass is 186 g/mol. The number of aliphatic hydroxyl groups excluding tert-OH is 1. The van der Waals surface area contributed by atoms with Gasteiger partial charge >= 0.3 is 0 Å². The Labute approximate surface area is 82.5 Å². The van der Waals surface area contributed by atoms with Crippen LogP contribution in [0.5, 0.6) is 0 Å². The van der Waals surface area contributed by atoms with Gasteiger partial charge in [0.2, 0.25) is 0 Å². The number of hydrogen-bond donors (Lipinski definition) is 1. The second kappa shape index (κ2) is 3.57. The minimum atomic E-state index is -0.709. The average molecular weight is 186 g/mol. The van der Waals surface area contributed by atoms with E-state index in [1.54, 1.807) is 6.07 Å². The van der Waals surface area contributed by atoms with E-state index in [0.29, 0.717) is 5.76 Å². The van der Waals surface area contributed by atoms with E-state index in [1.165, 1.54) is 0 Å². The number of terminal acetylenes is 1. The molecule has 0 amide bonds. The van der Waals surface area contributed by atoms with Crippen LogP contribution in [0, 0.1) is 12.3 Å². The molecule has 0 aromatic rings. The Kier molecular flexibility index (Phi) is 2.26. The van der Waals surface area contributed by atoms with E-state index in [0.717, 1.165) is 11.3 Å². The predicted octanol–water partition coefficient (Wildman–Crippen LogP) is 2.44. The molecule has 0 aromatic heterocycles. The summed E-state index contributed by atoms with van der Waals surface area (Å²) in [7, 11) is 0. The van der Waals surface area contributed by atoms with Crippen molar-refractivity contribution in [3.05, 3.63) is 36.1 Å². The van der Waals surface area contributed by atoms with Crippen molar-refractivity contribution in [2.24, 2.45) is 0 Å². The molecule has 0 saturated heterocycles. The molecule has 1 N–H and O–H groups in total. The standard InChI is InChI=1S/C12H10O2/c1-2-4-10(13)12-8-7-9-5-3-6-11(9)14-12/h1,3,5-8,10,13H,4H2. The summed E-state index contributed by atoms with van der Waals surface area (Å²) in [6, 6.07) is 9.39. The van der Waals surface area contributed by atoms with Crippen LogP contribution in [0.2, 0.25) is 0 Å². The molecule has 1 aliphatic carbocycles. The highest BCUT2D eigenvalue weighted by Crippen LogP contribution is 2.27. The number of hydrogen-bond acceptors (Lipinski definition) is 2. The Hall–Kier alpha value is -1.72. The first kappa shape index (κ1) is 8.86. The summed E-state index contributed by atoms with van der Waals surface area (Å²) in [6.07, 6.45) is 4.67. The maximum Gasteiger partial charge on any atom is 0.134 e. The summed E-state index contributed by atoms with van der Waals surface area (Å²) in [6.45, 7) is 0. The molecule has 1 heterocycles. The molecule has 0 saturated carbocycles. The minimum absolute atomic E-state index is 0.274. The highest BCUT2D eigenvalue weighted by molar-refractivity contribution is 5.59. The molecule has 0 fully saturated rings. The van der Waals surface area contributed by atoms with Gasteiger partial charge in [-0.05, 0) is 18.2 Å². The predicted molar refractivity (Wildman–Crippen MR) is 53.7 cm³/mol. The fourth-order valence-electron chi connectivity index (χ4n) is 1.37. The summed E-state index contributed by atoms with van der Waals surface area (Å²) >= 11 is 0. The molecule has 2 heteroatoms. The molecule has 70 valence electrons. The van der Waals surface area contributed by atoms with Crippen molar-refractivity contribution in [2.45, 2.75) is 12.5 Å². The minimum Gasteiger partial charge on any atom is -0.458 e. The van der Waals surface area contributed by atoms with Gasteiger partial charge in [-0.15, -0.1) is 12.3 Å². The fourth-order valence-corrected chi connectivity index (χ4v) is 1.37. The van der Waals surface area contributed by atoms with Gasteiger partial charge < -0.3 is 9.52 Å². The second-order valence-corrected chi connectivity index (χ2v) is 3.11. The van der Waals surface area contributed by atoms with E-state index < -0.39 is 6.10 Å². The molecule has 14 heavy (non-hydrogen) atoms. The number of fused-ring (bicyclic) bond motifs is 1. The van der Waals surface area contributed by atoms with Gasteiger partial charge in [0.15, 0.2) is 0 Å². The van der Waals surface area contributed by atoms with Crippen LogP contribution in [0.1, 0.15) is 18.3 Å². The lowest BCUT2D eigenvalue weighted by Crippen LogP contribution is -1.95. The summed E-state index contributed by atoms with van der Waals surface area (Å²) in [5, 5.41) is 9.58. The van der Waals surface area contributed by atoms with E-state index in [9.17, 15) is 5.11 Å². The SMILES string of the molecule is C#CCC(O)c1ccc2cccc-2o1. The molecule has 2 rings (SSSR count). The lowest BCUT2D eigenvalue weighted by atomic mass is 10.1. The van der Waals surface area contributed by atoms with Crippen molar-refractivity contribution >= 4 is 0 Å². The zero-order chi connectivity index (χ0) is 9.97. The third-order valence-corrected chi connectivity index (χ3v) is 2.10. The maximum atomic E-state index is 9.58. The molecule has 2 nitrogen and oxygen atoms in total. The smallest absolute Gasteiger partial charge is 0.134 e. The first-order chi connectivity index (χ1) is 6.81. The van der Waals surface area contributed by atoms with Crippen LogP contribution in [0.25, 0.3) is 11.3 Å². The Morgan fingerprint density at radius 1 is 1.36 bits per heavy atom. The van der Waals surface area contributed by atoms with E-state index in [-0.39, 0.29) is 6.42 Å². The van der Waals surface area contributed by atoms with Gasteiger partial charge in [-0.25, -0.2) is 0 Å². The zero-order valence-corrected chi connectivity index (χ0v) is 7.60. The topological polar surface area (TPSA) is 33.4 Å². The van der Waals surface area contributed by atoms with Gasteiger partial charge in [0.1, 0.15) is 17.6 Å². The molecule has 1 atom stereocenters. The van der Waals surface area contributed by atoms with Gasteiger partial charge in [-0.3, -0.25) is 0 Å². The Bertz CT molecular complexity index is 436. The molecule has 0 spiro atoms. The van der Waals surface area contributed by atoms with E-state index in [4.69, 9.17) is 10.8 Å². The van der Waals surface area contributed by atoms with Crippen molar-refractivity contribution in [3.8, 4) is 23.7 Å². The molecule has 2 aliphatic rings. The molecule has 0 radical (unpaired) electrons. The van der Waals surface area contributed by atoms with Gasteiger partial charge in [0.05, 0.1) is 0 Å². The maximum absolute atomic E-state index is 9.58. The van der Waals surface area contributed by atoms with Gasteiger partial charge in [0.25, 0.3) is 0 Å². The quantitative estimate of drug-likeness (QED) is 0.731. The first-order valence-corrected chi connectivity index (χ1v) is 4.41. The first-order valence-electron chi connectivity index (χ1n) is 4.41. The van der Waals surface area contributed by atoms with E-state index in [2.05, 4.69) is 5.92 Å². The second-order valence-electron chi connectivity index (χ2n) is 3.11. The van der Waals surface area contributed by atoms with Crippen LogP contribution in [-0.2, 0) is 0 Å². The molecular weight excluding hydrogens is 176 g/mol. The van der Waals surface area contributed by atoms with Crippen molar-refractivity contribution in [1.82, 2.24) is 0 Å². The highest BCUT2D eigenvalue weighted by Gasteiger charge is 2.11. The van der Waals surface area contributed by atoms with Crippen molar-refractivity contribution in [2.75, 3.05) is 0 Å². The number of rotatable bonds is 2. The van der Waals surface area contributed by atoms with Crippen LogP contribution in [-0.4, -0.2) is 5.11 Å². The van der Waals surface area contributed by atoms with Crippen LogP contribution in [0.15, 0.2) is 34.7 Å². The summed E-state index contributed by atoms with van der Waals surface area (Å²) in [4.78, 5) is 0. The van der Waals surface area contributed by atoms with Gasteiger partial charge in [-0.1, -0.05) is 12.1 Å². The summed E-state index contributed by atoms with van der Waals surface area (Å²) in [5.74, 6) is 3.69. The van der Waals surface area contributed by atoms with Crippen molar-refractivity contribution in [1.29, 1.82) is 0 Å². The molecule has 0 bridgehead atoms. The Balaban J connectivity index is 2.36. The molecule has 1 unspecified atom stereocenters. The number of aliphatic hydroxyl groups is 1. The van der Waals surface area contributed by atoms with Gasteiger partial charge in [-0.2, -0.15) is 0 Å². The lowest BCUT2D eigenvalue weighted by Gasteiger charge is -2.08. The summed E-state index contributed by atoms with van der Waals surface area (Å²) < 4.78 is 5.47. The zero-order valence-electron chi connectivity index (χ0n) is 7.60. The summed E-state index contributed by atoms with van der Waals surface area (Å²) in [5.41, 5.74) is 1.03. The average Bonchev–Trinajstić information content (AvgIpc) is 2.64. The highest BCUT2D eigenvalue weighted by atomic mass is 16.4. The van der Waals surface area contributed by atoms with Crippen LogP contribution in [0.3, 0.4) is 0 Å². The molecular formula is C12H10O2. The fraction of sp³-hybridized carbons (Fsp3) is 0.167. The normalized spacial score (nSPS) is 12.6. The third kappa shape index (κ3) is 1.50. The Morgan fingerprint density at radius 2 is 2.21 bits per heavy atom. The van der Waals surface area contributed by atoms with Crippen LogP contribution >= 0.6 is 0 Å². The van der Waals surface area contributed by atoms with Crippen LogP contribution in [0.4, 0.5) is 0 Å². The lowest BCUT2D eigenvalue weighted by molar-refractivity contribution is 0.154. The third-order valence-electron chi connectivity index (χ3n) is 2.10. The van der Waals surface area contributed by atoms with Crippen molar-refractivity contribution < 1.29 is 9.52 Å². The van der Waals surface area contributed by atoms with Crippen molar-refractivity contribution in [3.63, 3.8) is 0 Å². The Morgan fingerprint density at radius 3 is 3.00 bits per heavy atom. The van der Waals surface area contributed by atoms with Gasteiger partial charge in [0, 0.05) is 12.0 Å². The van der Waals surface area contributed by atoms with Crippen LogP contribution < -0.4 is 0 Å². The molecule has 1 aliphatic heterocycles.